The summed E-state index contributed by atoms with van der Waals surface area (Å²) < 4.78 is 5.70. The van der Waals surface area contributed by atoms with Crippen molar-refractivity contribution in [3.8, 4) is 5.88 Å². The Kier molecular flexibility index (Phi) is 3.96. The summed E-state index contributed by atoms with van der Waals surface area (Å²) in [6.45, 7) is 4.78. The summed E-state index contributed by atoms with van der Waals surface area (Å²) in [5.74, 6) is 1.96. The molecule has 0 spiro atoms. The number of hydrogen-bond donors (Lipinski definition) is 2. The second-order valence-corrected chi connectivity index (χ2v) is 6.43. The maximum Gasteiger partial charge on any atom is 0.239 e. The summed E-state index contributed by atoms with van der Waals surface area (Å²) in [7, 11) is 0. The van der Waals surface area contributed by atoms with Gasteiger partial charge in [0.1, 0.15) is 10.8 Å². The summed E-state index contributed by atoms with van der Waals surface area (Å²) >= 11 is 1.65. The van der Waals surface area contributed by atoms with Gasteiger partial charge in [-0.05, 0) is 44.7 Å². The van der Waals surface area contributed by atoms with Crippen LogP contribution in [0.15, 0.2) is 17.5 Å². The van der Waals surface area contributed by atoms with Crippen molar-refractivity contribution in [2.75, 3.05) is 17.7 Å². The molecular weight excluding hydrogens is 284 g/mol. The zero-order chi connectivity index (χ0) is 14.8. The second-order valence-electron chi connectivity index (χ2n) is 5.54. The quantitative estimate of drug-likeness (QED) is 0.855. The lowest BCUT2D eigenvalue weighted by Crippen LogP contribution is -2.10. The third-order valence-corrected chi connectivity index (χ3v) is 4.56. The number of nitrogens with two attached hydrogens (primary N) is 1. The third-order valence-electron chi connectivity index (χ3n) is 3.41. The van der Waals surface area contributed by atoms with Crippen molar-refractivity contribution in [2.45, 2.75) is 32.7 Å². The molecule has 0 radical (unpaired) electrons. The van der Waals surface area contributed by atoms with Crippen LogP contribution >= 0.6 is 11.3 Å². The highest BCUT2D eigenvalue weighted by Gasteiger charge is 2.22. The van der Waals surface area contributed by atoms with E-state index in [0.717, 1.165) is 16.5 Å². The highest BCUT2D eigenvalue weighted by atomic mass is 32.1. The number of hydrogen-bond acceptors (Lipinski definition) is 6. The molecule has 21 heavy (non-hydrogen) atoms. The lowest BCUT2D eigenvalue weighted by molar-refractivity contribution is 0.290. The van der Waals surface area contributed by atoms with Crippen LogP contribution in [0.4, 0.5) is 11.5 Å². The van der Waals surface area contributed by atoms with E-state index < -0.39 is 0 Å². The van der Waals surface area contributed by atoms with Gasteiger partial charge in [-0.2, -0.15) is 4.98 Å². The summed E-state index contributed by atoms with van der Waals surface area (Å²) in [4.78, 5) is 8.95. The van der Waals surface area contributed by atoms with E-state index in [2.05, 4.69) is 22.2 Å². The minimum absolute atomic E-state index is 0.108. The number of nitrogens with zero attached hydrogens (tertiary/aromatic N) is 2. The molecule has 112 valence electrons. The molecule has 1 fully saturated rings. The van der Waals surface area contributed by atoms with Gasteiger partial charge in [0.25, 0.3) is 0 Å². The van der Waals surface area contributed by atoms with Gasteiger partial charge < -0.3 is 15.8 Å². The largest absolute Gasteiger partial charge is 0.476 e. The minimum Gasteiger partial charge on any atom is -0.476 e. The first-order valence-electron chi connectivity index (χ1n) is 7.19. The molecule has 0 aromatic carbocycles. The van der Waals surface area contributed by atoms with Gasteiger partial charge >= 0.3 is 0 Å². The fraction of sp³-hybridized carbons (Fsp3) is 0.467. The molecule has 3 N–H and O–H groups in total. The topological polar surface area (TPSA) is 73.1 Å². The van der Waals surface area contributed by atoms with Crippen LogP contribution in [0, 0.1) is 12.8 Å². The van der Waals surface area contributed by atoms with Crippen LogP contribution in [0.5, 0.6) is 5.88 Å². The molecule has 0 amide bonds. The summed E-state index contributed by atoms with van der Waals surface area (Å²) in [5, 5.41) is 6.44. The van der Waals surface area contributed by atoms with Crippen LogP contribution in [-0.2, 0) is 0 Å². The maximum absolute atomic E-state index is 5.92. The van der Waals surface area contributed by atoms with Gasteiger partial charge in [-0.1, -0.05) is 0 Å². The Hall–Kier alpha value is -1.82. The Labute approximate surface area is 128 Å². The SMILES string of the molecule is Cc1csc(C(C)Nc2ccc(N)c(OCC3CC3)n2)n1. The van der Waals surface area contributed by atoms with Crippen molar-refractivity contribution in [2.24, 2.45) is 5.92 Å². The number of thiazole rings is 1. The average molecular weight is 304 g/mol. The molecule has 0 bridgehead atoms. The molecular formula is C15H20N4OS. The molecule has 2 aromatic rings. The van der Waals surface area contributed by atoms with E-state index in [1.807, 2.05) is 24.4 Å². The number of nitrogen functional groups attached to an aromatic ring is 1. The molecule has 1 unspecified atom stereocenters. The van der Waals surface area contributed by atoms with Gasteiger partial charge in [-0.15, -0.1) is 11.3 Å². The zero-order valence-corrected chi connectivity index (χ0v) is 13.1. The predicted molar refractivity (Wildman–Crippen MR) is 85.8 cm³/mol. The monoisotopic (exact) mass is 304 g/mol. The van der Waals surface area contributed by atoms with Gasteiger partial charge in [0.05, 0.1) is 18.3 Å². The Morgan fingerprint density at radius 2 is 2.24 bits per heavy atom. The Balaban J connectivity index is 1.67. The van der Waals surface area contributed by atoms with Crippen LogP contribution in [0.1, 0.15) is 36.5 Å². The molecule has 1 aliphatic rings. The molecule has 1 aliphatic carbocycles. The van der Waals surface area contributed by atoms with Crippen LogP contribution < -0.4 is 15.8 Å². The van der Waals surface area contributed by atoms with Gasteiger partial charge in [0, 0.05) is 11.1 Å². The third kappa shape index (κ3) is 3.64. The minimum atomic E-state index is 0.108. The van der Waals surface area contributed by atoms with Crippen LogP contribution in [0.2, 0.25) is 0 Å². The van der Waals surface area contributed by atoms with Gasteiger partial charge in [0.15, 0.2) is 0 Å². The number of ether oxygens (including phenoxy) is 1. The van der Waals surface area contributed by atoms with E-state index in [1.165, 1.54) is 12.8 Å². The normalized spacial score (nSPS) is 15.7. The van der Waals surface area contributed by atoms with E-state index in [9.17, 15) is 0 Å². The van der Waals surface area contributed by atoms with Crippen LogP contribution in [0.25, 0.3) is 0 Å². The zero-order valence-electron chi connectivity index (χ0n) is 12.3. The second kappa shape index (κ2) is 5.89. The Bertz CT molecular complexity index is 624. The number of rotatable bonds is 6. The number of anilines is 2. The number of aryl methyl sites for hydroxylation is 1. The Morgan fingerprint density at radius 1 is 1.43 bits per heavy atom. The van der Waals surface area contributed by atoms with E-state index in [1.54, 1.807) is 11.3 Å². The molecule has 0 aliphatic heterocycles. The van der Waals surface area contributed by atoms with Gasteiger partial charge in [0.2, 0.25) is 5.88 Å². The Morgan fingerprint density at radius 3 is 2.90 bits per heavy atom. The number of nitrogens with one attached hydrogen (secondary N) is 1. The lowest BCUT2D eigenvalue weighted by atomic mass is 10.3. The molecule has 1 atom stereocenters. The van der Waals surface area contributed by atoms with E-state index in [-0.39, 0.29) is 6.04 Å². The molecule has 2 aromatic heterocycles. The molecule has 5 nitrogen and oxygen atoms in total. The molecule has 1 saturated carbocycles. The fourth-order valence-electron chi connectivity index (χ4n) is 1.98. The van der Waals surface area contributed by atoms with Crippen molar-refractivity contribution in [1.82, 2.24) is 9.97 Å². The van der Waals surface area contributed by atoms with E-state index in [4.69, 9.17) is 10.5 Å². The highest BCUT2D eigenvalue weighted by molar-refractivity contribution is 7.09. The van der Waals surface area contributed by atoms with Crippen molar-refractivity contribution >= 4 is 22.8 Å². The number of pyridine rings is 1. The first-order valence-corrected chi connectivity index (χ1v) is 8.07. The lowest BCUT2D eigenvalue weighted by Gasteiger charge is -2.14. The molecule has 6 heteroatoms. The van der Waals surface area contributed by atoms with Crippen molar-refractivity contribution in [3.05, 3.63) is 28.2 Å². The maximum atomic E-state index is 5.92. The molecule has 0 saturated heterocycles. The number of aromatic nitrogens is 2. The first-order chi connectivity index (χ1) is 10.1. The van der Waals surface area contributed by atoms with Crippen molar-refractivity contribution < 1.29 is 4.74 Å². The van der Waals surface area contributed by atoms with Crippen molar-refractivity contribution in [3.63, 3.8) is 0 Å². The fourth-order valence-corrected chi connectivity index (χ4v) is 2.79. The first kappa shape index (κ1) is 14.1. The summed E-state index contributed by atoms with van der Waals surface area (Å²) in [6, 6.07) is 3.81. The standard InChI is InChI=1S/C15H20N4OS/c1-9-8-21-15(17-9)10(2)18-13-6-5-12(16)14(19-13)20-7-11-3-4-11/h5-6,8,10-11H,3-4,7,16H2,1-2H3,(H,18,19). The van der Waals surface area contributed by atoms with E-state index >= 15 is 0 Å². The van der Waals surface area contributed by atoms with E-state index in [0.29, 0.717) is 24.1 Å². The van der Waals surface area contributed by atoms with Gasteiger partial charge in [-0.25, -0.2) is 4.98 Å². The highest BCUT2D eigenvalue weighted by Crippen LogP contribution is 2.31. The summed E-state index contributed by atoms with van der Waals surface area (Å²) in [5.41, 5.74) is 7.54. The molecule has 2 heterocycles. The smallest absolute Gasteiger partial charge is 0.239 e. The predicted octanol–water partition coefficient (Wildman–Crippen LogP) is 3.39. The van der Waals surface area contributed by atoms with Crippen LogP contribution in [0.3, 0.4) is 0 Å². The molecule has 3 rings (SSSR count). The average Bonchev–Trinajstić information content (AvgIpc) is 3.19. The van der Waals surface area contributed by atoms with Gasteiger partial charge in [-0.3, -0.25) is 0 Å². The van der Waals surface area contributed by atoms with Crippen molar-refractivity contribution in [1.29, 1.82) is 0 Å². The van der Waals surface area contributed by atoms with Crippen LogP contribution in [-0.4, -0.2) is 16.6 Å². The summed E-state index contributed by atoms with van der Waals surface area (Å²) in [6.07, 6.45) is 2.50.